The van der Waals surface area contributed by atoms with Gasteiger partial charge >= 0.3 is 0 Å². The molecule has 0 radical (unpaired) electrons. The second kappa shape index (κ2) is 5.69. The van der Waals surface area contributed by atoms with Gasteiger partial charge < -0.3 is 10.4 Å². The average molecular weight is 277 g/mol. The second-order valence-corrected chi connectivity index (χ2v) is 4.40. The van der Waals surface area contributed by atoms with Crippen LogP contribution in [-0.2, 0) is 6.54 Å². The van der Waals surface area contributed by atoms with Crippen LogP contribution in [0, 0.1) is 18.6 Å². The summed E-state index contributed by atoms with van der Waals surface area (Å²) in [5.74, 6) is -2.45. The van der Waals surface area contributed by atoms with E-state index in [0.29, 0.717) is 5.56 Å². The third kappa shape index (κ3) is 2.93. The molecule has 2 N–H and O–H groups in total. The second-order valence-electron chi connectivity index (χ2n) is 4.40. The molecule has 5 heteroatoms. The van der Waals surface area contributed by atoms with E-state index in [4.69, 9.17) is 5.11 Å². The molecule has 0 spiro atoms. The molecule has 0 aliphatic heterocycles. The normalized spacial score (nSPS) is 10.3. The molecular weight excluding hydrogens is 264 g/mol. The van der Waals surface area contributed by atoms with Crippen molar-refractivity contribution in [3.63, 3.8) is 0 Å². The van der Waals surface area contributed by atoms with Crippen molar-refractivity contribution in [2.75, 3.05) is 0 Å². The van der Waals surface area contributed by atoms with E-state index < -0.39 is 23.1 Å². The van der Waals surface area contributed by atoms with Crippen LogP contribution in [0.15, 0.2) is 36.4 Å². The number of aryl methyl sites for hydroxylation is 1. The van der Waals surface area contributed by atoms with Gasteiger partial charge in [0, 0.05) is 6.54 Å². The fourth-order valence-electron chi connectivity index (χ4n) is 1.75. The van der Waals surface area contributed by atoms with Crippen molar-refractivity contribution < 1.29 is 18.7 Å². The minimum Gasteiger partial charge on any atom is -0.508 e. The standard InChI is InChI=1S/C15H13F2NO2/c1-9-2-7-12(16)13(14(9)17)15(20)18-8-10-3-5-11(19)6-4-10/h2-7,19H,8H2,1H3,(H,18,20). The van der Waals surface area contributed by atoms with Crippen molar-refractivity contribution in [1.29, 1.82) is 0 Å². The zero-order valence-corrected chi connectivity index (χ0v) is 10.8. The summed E-state index contributed by atoms with van der Waals surface area (Å²) in [6, 6.07) is 8.50. The van der Waals surface area contributed by atoms with Gasteiger partial charge in [0.1, 0.15) is 22.9 Å². The van der Waals surface area contributed by atoms with Crippen molar-refractivity contribution in [1.82, 2.24) is 5.32 Å². The Morgan fingerprint density at radius 2 is 1.80 bits per heavy atom. The van der Waals surface area contributed by atoms with Crippen LogP contribution in [0.4, 0.5) is 8.78 Å². The highest BCUT2D eigenvalue weighted by molar-refractivity contribution is 5.94. The van der Waals surface area contributed by atoms with Gasteiger partial charge in [-0.1, -0.05) is 18.2 Å². The van der Waals surface area contributed by atoms with Gasteiger partial charge in [0.25, 0.3) is 5.91 Å². The Bertz CT molecular complexity index is 639. The van der Waals surface area contributed by atoms with E-state index in [0.717, 1.165) is 6.07 Å². The van der Waals surface area contributed by atoms with E-state index in [1.165, 1.54) is 25.1 Å². The maximum absolute atomic E-state index is 13.8. The third-order valence-electron chi connectivity index (χ3n) is 2.90. The fraction of sp³-hybridized carbons (Fsp3) is 0.133. The molecule has 2 rings (SSSR count). The molecule has 0 atom stereocenters. The number of halogens is 2. The largest absolute Gasteiger partial charge is 0.508 e. The van der Waals surface area contributed by atoms with Crippen LogP contribution in [0.2, 0.25) is 0 Å². The Morgan fingerprint density at radius 3 is 2.45 bits per heavy atom. The van der Waals surface area contributed by atoms with Crippen LogP contribution in [0.25, 0.3) is 0 Å². The first-order valence-corrected chi connectivity index (χ1v) is 5.99. The van der Waals surface area contributed by atoms with Crippen molar-refractivity contribution >= 4 is 5.91 Å². The summed E-state index contributed by atoms with van der Waals surface area (Å²) in [7, 11) is 0. The zero-order valence-electron chi connectivity index (χ0n) is 10.8. The van der Waals surface area contributed by atoms with E-state index in [1.54, 1.807) is 12.1 Å². The average Bonchev–Trinajstić information content (AvgIpc) is 2.43. The molecular formula is C15H13F2NO2. The number of aromatic hydroxyl groups is 1. The number of carbonyl (C=O) groups is 1. The van der Waals surface area contributed by atoms with E-state index in [2.05, 4.69) is 5.32 Å². The first-order chi connectivity index (χ1) is 9.49. The molecule has 0 saturated heterocycles. The molecule has 20 heavy (non-hydrogen) atoms. The molecule has 0 aromatic heterocycles. The number of phenols is 1. The molecule has 0 aliphatic carbocycles. The lowest BCUT2D eigenvalue weighted by Gasteiger charge is -2.08. The molecule has 2 aromatic carbocycles. The number of carbonyl (C=O) groups excluding carboxylic acids is 1. The molecule has 0 fully saturated rings. The van der Waals surface area contributed by atoms with Gasteiger partial charge in [-0.25, -0.2) is 8.78 Å². The van der Waals surface area contributed by atoms with Gasteiger partial charge in [0.2, 0.25) is 0 Å². The van der Waals surface area contributed by atoms with Crippen LogP contribution in [0.3, 0.4) is 0 Å². The smallest absolute Gasteiger partial charge is 0.257 e. The quantitative estimate of drug-likeness (QED) is 0.906. The predicted molar refractivity (Wildman–Crippen MR) is 70.4 cm³/mol. The van der Waals surface area contributed by atoms with Crippen LogP contribution >= 0.6 is 0 Å². The summed E-state index contributed by atoms with van der Waals surface area (Å²) in [4.78, 5) is 11.8. The number of nitrogens with one attached hydrogen (secondary N) is 1. The minimum atomic E-state index is -0.892. The molecule has 0 unspecified atom stereocenters. The van der Waals surface area contributed by atoms with Gasteiger partial charge in [-0.05, 0) is 36.2 Å². The maximum atomic E-state index is 13.8. The Morgan fingerprint density at radius 1 is 1.15 bits per heavy atom. The number of benzene rings is 2. The Hall–Kier alpha value is -2.43. The third-order valence-corrected chi connectivity index (χ3v) is 2.90. The van der Waals surface area contributed by atoms with Crippen molar-refractivity contribution in [2.24, 2.45) is 0 Å². The molecule has 0 saturated carbocycles. The Kier molecular flexibility index (Phi) is 3.98. The highest BCUT2D eigenvalue weighted by Gasteiger charge is 2.18. The van der Waals surface area contributed by atoms with Crippen LogP contribution in [-0.4, -0.2) is 11.0 Å². The fourth-order valence-corrected chi connectivity index (χ4v) is 1.75. The lowest BCUT2D eigenvalue weighted by molar-refractivity contribution is 0.0942. The summed E-state index contributed by atoms with van der Waals surface area (Å²) in [6.45, 7) is 1.58. The summed E-state index contributed by atoms with van der Waals surface area (Å²) in [6.07, 6.45) is 0. The lowest BCUT2D eigenvalue weighted by Crippen LogP contribution is -2.25. The van der Waals surface area contributed by atoms with Crippen LogP contribution in [0.1, 0.15) is 21.5 Å². The molecule has 0 aliphatic rings. The maximum Gasteiger partial charge on any atom is 0.257 e. The summed E-state index contributed by atoms with van der Waals surface area (Å²) in [5.41, 5.74) is 0.342. The molecule has 0 heterocycles. The number of rotatable bonds is 3. The van der Waals surface area contributed by atoms with Gasteiger partial charge in [0.15, 0.2) is 0 Å². The Labute approximate surface area is 114 Å². The number of hydrogen-bond acceptors (Lipinski definition) is 2. The minimum absolute atomic E-state index is 0.107. The zero-order chi connectivity index (χ0) is 14.7. The number of hydrogen-bond donors (Lipinski definition) is 2. The molecule has 0 bridgehead atoms. The summed E-state index contributed by atoms with van der Waals surface area (Å²) < 4.78 is 27.3. The molecule has 1 amide bonds. The first-order valence-electron chi connectivity index (χ1n) is 5.99. The van der Waals surface area contributed by atoms with Gasteiger partial charge in [0.05, 0.1) is 0 Å². The SMILES string of the molecule is Cc1ccc(F)c(C(=O)NCc2ccc(O)cc2)c1F. The highest BCUT2D eigenvalue weighted by Crippen LogP contribution is 2.16. The van der Waals surface area contributed by atoms with Crippen molar-refractivity contribution in [3.05, 3.63) is 64.7 Å². The topological polar surface area (TPSA) is 49.3 Å². The summed E-state index contributed by atoms with van der Waals surface area (Å²) >= 11 is 0. The van der Waals surface area contributed by atoms with Crippen LogP contribution in [0.5, 0.6) is 5.75 Å². The van der Waals surface area contributed by atoms with Crippen LogP contribution < -0.4 is 5.32 Å². The number of amides is 1. The monoisotopic (exact) mass is 277 g/mol. The first kappa shape index (κ1) is 14.0. The van der Waals surface area contributed by atoms with E-state index in [9.17, 15) is 13.6 Å². The predicted octanol–water partition coefficient (Wildman–Crippen LogP) is 2.91. The van der Waals surface area contributed by atoms with Crippen molar-refractivity contribution in [3.8, 4) is 5.75 Å². The lowest BCUT2D eigenvalue weighted by atomic mass is 10.1. The molecule has 3 nitrogen and oxygen atoms in total. The van der Waals surface area contributed by atoms with Gasteiger partial charge in [-0.3, -0.25) is 4.79 Å². The molecule has 104 valence electrons. The number of phenolic OH excluding ortho intramolecular Hbond substituents is 1. The van der Waals surface area contributed by atoms with Gasteiger partial charge in [-0.2, -0.15) is 0 Å². The van der Waals surface area contributed by atoms with Crippen molar-refractivity contribution in [2.45, 2.75) is 13.5 Å². The van der Waals surface area contributed by atoms with E-state index >= 15 is 0 Å². The van der Waals surface area contributed by atoms with E-state index in [1.807, 2.05) is 0 Å². The Balaban J connectivity index is 2.13. The van der Waals surface area contributed by atoms with E-state index in [-0.39, 0.29) is 17.9 Å². The molecule has 2 aromatic rings. The summed E-state index contributed by atoms with van der Waals surface area (Å²) in [5, 5.41) is 11.6. The highest BCUT2D eigenvalue weighted by atomic mass is 19.1. The van der Waals surface area contributed by atoms with Gasteiger partial charge in [-0.15, -0.1) is 0 Å².